The summed E-state index contributed by atoms with van der Waals surface area (Å²) < 4.78 is 0. The Morgan fingerprint density at radius 3 is 2.88 bits per heavy atom. The third-order valence-electron chi connectivity index (χ3n) is 2.74. The Morgan fingerprint density at radius 1 is 1.53 bits per heavy atom. The predicted octanol–water partition coefficient (Wildman–Crippen LogP) is 1.15. The summed E-state index contributed by atoms with van der Waals surface area (Å²) in [4.78, 5) is 18.5. The highest BCUT2D eigenvalue weighted by Crippen LogP contribution is 2.24. The number of aromatic nitrogens is 2. The fraction of sp³-hybridized carbons (Fsp3) is 0.500. The molecule has 0 saturated heterocycles. The molecule has 1 saturated carbocycles. The summed E-state index contributed by atoms with van der Waals surface area (Å²) in [5.41, 5.74) is -0.0178. The molecule has 1 fully saturated rings. The summed E-state index contributed by atoms with van der Waals surface area (Å²) >= 11 is 5.63. The van der Waals surface area contributed by atoms with Crippen LogP contribution in [0.4, 0.5) is 5.82 Å². The van der Waals surface area contributed by atoms with Crippen LogP contribution in [0.15, 0.2) is 6.20 Å². The van der Waals surface area contributed by atoms with Crippen molar-refractivity contribution in [3.63, 3.8) is 0 Å². The van der Waals surface area contributed by atoms with Gasteiger partial charge in [0, 0.05) is 12.2 Å². The van der Waals surface area contributed by atoms with Crippen molar-refractivity contribution in [3.8, 4) is 0 Å². The van der Waals surface area contributed by atoms with Gasteiger partial charge >= 0.3 is 5.97 Å². The zero-order chi connectivity index (χ0) is 12.4. The minimum atomic E-state index is -1.11. The number of anilines is 1. The first-order valence-electron chi connectivity index (χ1n) is 5.26. The van der Waals surface area contributed by atoms with Gasteiger partial charge in [0.15, 0.2) is 0 Å². The van der Waals surface area contributed by atoms with Crippen LogP contribution >= 0.6 is 11.6 Å². The van der Waals surface area contributed by atoms with Crippen molar-refractivity contribution in [3.05, 3.63) is 17.0 Å². The van der Waals surface area contributed by atoms with Gasteiger partial charge in [0.25, 0.3) is 0 Å². The molecule has 2 unspecified atom stereocenters. The molecule has 2 rings (SSSR count). The Labute approximate surface area is 103 Å². The number of carboxylic acids is 1. The van der Waals surface area contributed by atoms with Gasteiger partial charge in [0.2, 0.25) is 5.28 Å². The fourth-order valence-corrected chi connectivity index (χ4v) is 2.04. The molecule has 1 heterocycles. The fourth-order valence-electron chi connectivity index (χ4n) is 1.91. The van der Waals surface area contributed by atoms with Gasteiger partial charge in [0.05, 0.1) is 6.10 Å². The number of nitrogens with one attached hydrogen (secondary N) is 1. The van der Waals surface area contributed by atoms with Crippen LogP contribution in [0.3, 0.4) is 0 Å². The van der Waals surface area contributed by atoms with Crippen LogP contribution in [0, 0.1) is 0 Å². The van der Waals surface area contributed by atoms with Crippen LogP contribution in [0.25, 0.3) is 0 Å². The van der Waals surface area contributed by atoms with E-state index in [9.17, 15) is 9.90 Å². The summed E-state index contributed by atoms with van der Waals surface area (Å²) in [6, 6.07) is 0.0223. The Hall–Kier alpha value is -1.40. The van der Waals surface area contributed by atoms with E-state index in [1.54, 1.807) is 0 Å². The summed E-state index contributed by atoms with van der Waals surface area (Å²) in [6.45, 7) is 0. The Kier molecular flexibility index (Phi) is 3.44. The monoisotopic (exact) mass is 257 g/mol. The van der Waals surface area contributed by atoms with E-state index in [0.29, 0.717) is 12.8 Å². The molecule has 0 bridgehead atoms. The first-order chi connectivity index (χ1) is 8.06. The Morgan fingerprint density at radius 2 is 2.29 bits per heavy atom. The van der Waals surface area contributed by atoms with Gasteiger partial charge in [-0.05, 0) is 30.9 Å². The van der Waals surface area contributed by atoms with Crippen LogP contribution in [0.2, 0.25) is 5.28 Å². The molecule has 0 amide bonds. The summed E-state index contributed by atoms with van der Waals surface area (Å²) in [6.07, 6.45) is 2.91. The molecule has 1 aromatic rings. The molecule has 1 aliphatic rings. The highest BCUT2D eigenvalue weighted by atomic mass is 35.5. The molecule has 2 atom stereocenters. The highest BCUT2D eigenvalue weighted by molar-refractivity contribution is 6.28. The number of rotatable bonds is 3. The van der Waals surface area contributed by atoms with E-state index in [1.165, 1.54) is 6.20 Å². The second kappa shape index (κ2) is 4.85. The summed E-state index contributed by atoms with van der Waals surface area (Å²) in [5, 5.41) is 21.3. The quantitative estimate of drug-likeness (QED) is 0.703. The van der Waals surface area contributed by atoms with Gasteiger partial charge in [-0.25, -0.2) is 9.78 Å². The van der Waals surface area contributed by atoms with E-state index < -0.39 is 5.97 Å². The topological polar surface area (TPSA) is 95.3 Å². The maximum atomic E-state index is 11.0. The van der Waals surface area contributed by atoms with Gasteiger partial charge in [-0.2, -0.15) is 4.98 Å². The van der Waals surface area contributed by atoms with Crippen molar-refractivity contribution in [2.24, 2.45) is 0 Å². The second-order valence-corrected chi connectivity index (χ2v) is 4.35. The van der Waals surface area contributed by atoms with E-state index >= 15 is 0 Å². The van der Waals surface area contributed by atoms with E-state index in [-0.39, 0.29) is 28.8 Å². The maximum Gasteiger partial charge on any atom is 0.341 e. The minimum absolute atomic E-state index is 0.00366. The number of hydrogen-bond donors (Lipinski definition) is 3. The van der Waals surface area contributed by atoms with Crippen molar-refractivity contribution in [1.82, 2.24) is 9.97 Å². The molecule has 0 spiro atoms. The van der Waals surface area contributed by atoms with Gasteiger partial charge in [0.1, 0.15) is 11.4 Å². The van der Waals surface area contributed by atoms with Crippen molar-refractivity contribution >= 4 is 23.4 Å². The molecule has 1 aromatic heterocycles. The van der Waals surface area contributed by atoms with Crippen molar-refractivity contribution < 1.29 is 15.0 Å². The Bertz CT molecular complexity index is 441. The normalized spacial score (nSPS) is 23.6. The van der Waals surface area contributed by atoms with E-state index in [2.05, 4.69) is 15.3 Å². The lowest BCUT2D eigenvalue weighted by molar-refractivity contribution is 0.0697. The molecular formula is C10H12ClN3O3. The molecule has 1 aliphatic carbocycles. The third kappa shape index (κ3) is 2.83. The van der Waals surface area contributed by atoms with Crippen LogP contribution < -0.4 is 5.32 Å². The van der Waals surface area contributed by atoms with Gasteiger partial charge in [-0.1, -0.05) is 0 Å². The lowest BCUT2D eigenvalue weighted by Crippen LogP contribution is -2.20. The van der Waals surface area contributed by atoms with E-state index in [1.807, 2.05) is 0 Å². The number of aliphatic hydroxyl groups excluding tert-OH is 1. The molecule has 3 N–H and O–H groups in total. The first-order valence-corrected chi connectivity index (χ1v) is 5.64. The van der Waals surface area contributed by atoms with Crippen LogP contribution in [-0.4, -0.2) is 38.3 Å². The molecule has 7 heteroatoms. The number of carboxylic acid groups (broad SMARTS) is 1. The van der Waals surface area contributed by atoms with Gasteiger partial charge in [-0.15, -0.1) is 0 Å². The number of halogens is 1. The van der Waals surface area contributed by atoms with Crippen LogP contribution in [0.5, 0.6) is 0 Å². The SMILES string of the molecule is O=C(O)c1cnc(Cl)nc1NC1CCC(O)C1. The van der Waals surface area contributed by atoms with Gasteiger partial charge in [-0.3, -0.25) is 0 Å². The van der Waals surface area contributed by atoms with Crippen molar-refractivity contribution in [2.45, 2.75) is 31.4 Å². The lowest BCUT2D eigenvalue weighted by atomic mass is 10.2. The summed E-state index contributed by atoms with van der Waals surface area (Å²) in [5.74, 6) is -0.903. The van der Waals surface area contributed by atoms with E-state index in [0.717, 1.165) is 6.42 Å². The maximum absolute atomic E-state index is 11.0. The Balaban J connectivity index is 2.19. The van der Waals surface area contributed by atoms with Crippen molar-refractivity contribution in [2.75, 3.05) is 5.32 Å². The molecular weight excluding hydrogens is 246 g/mol. The van der Waals surface area contributed by atoms with Crippen LogP contribution in [0.1, 0.15) is 29.6 Å². The number of carbonyl (C=O) groups is 1. The minimum Gasteiger partial charge on any atom is -0.477 e. The van der Waals surface area contributed by atoms with Gasteiger partial charge < -0.3 is 15.5 Å². The molecule has 6 nitrogen and oxygen atoms in total. The van der Waals surface area contributed by atoms with Crippen molar-refractivity contribution in [1.29, 1.82) is 0 Å². The molecule has 92 valence electrons. The first kappa shape index (κ1) is 12.1. The zero-order valence-electron chi connectivity index (χ0n) is 8.93. The average Bonchev–Trinajstić information content (AvgIpc) is 2.63. The smallest absolute Gasteiger partial charge is 0.341 e. The average molecular weight is 258 g/mol. The summed E-state index contributed by atoms with van der Waals surface area (Å²) in [7, 11) is 0. The van der Waals surface area contributed by atoms with Crippen LogP contribution in [-0.2, 0) is 0 Å². The zero-order valence-corrected chi connectivity index (χ0v) is 9.68. The standard InChI is InChI=1S/C10H12ClN3O3/c11-10-12-4-7(9(16)17)8(14-10)13-5-1-2-6(15)3-5/h4-6,15H,1-3H2,(H,16,17)(H,12,13,14). The molecule has 0 aliphatic heterocycles. The second-order valence-electron chi connectivity index (χ2n) is 4.01. The lowest BCUT2D eigenvalue weighted by Gasteiger charge is -2.14. The number of hydrogen-bond acceptors (Lipinski definition) is 5. The third-order valence-corrected chi connectivity index (χ3v) is 2.92. The largest absolute Gasteiger partial charge is 0.477 e. The number of nitrogens with zero attached hydrogens (tertiary/aromatic N) is 2. The number of aromatic carboxylic acids is 1. The predicted molar refractivity (Wildman–Crippen MR) is 61.3 cm³/mol. The van der Waals surface area contributed by atoms with E-state index in [4.69, 9.17) is 16.7 Å². The molecule has 17 heavy (non-hydrogen) atoms. The number of aliphatic hydroxyl groups is 1. The molecule has 0 radical (unpaired) electrons. The molecule has 0 aromatic carbocycles. The highest BCUT2D eigenvalue weighted by Gasteiger charge is 2.24.